The topological polar surface area (TPSA) is 94.1 Å². The van der Waals surface area contributed by atoms with Gasteiger partial charge in [0.05, 0.1) is 25.9 Å². The summed E-state index contributed by atoms with van der Waals surface area (Å²) in [6, 6.07) is 12.6. The van der Waals surface area contributed by atoms with Crippen molar-refractivity contribution in [3.8, 4) is 11.5 Å². The number of carbonyl (C=O) groups excluding carboxylic acids is 2. The third-order valence-corrected chi connectivity index (χ3v) is 5.03. The van der Waals surface area contributed by atoms with Crippen LogP contribution in [0.4, 0.5) is 11.4 Å². The molecule has 0 aromatic heterocycles. The molecule has 2 amide bonds. The molecule has 160 valence electrons. The lowest BCUT2D eigenvalue weighted by atomic mass is 10.2. The van der Waals surface area contributed by atoms with Crippen LogP contribution in [0.1, 0.15) is 5.56 Å². The highest BCUT2D eigenvalue weighted by Gasteiger charge is 2.19. The van der Waals surface area contributed by atoms with Crippen molar-refractivity contribution in [3.63, 3.8) is 0 Å². The molecule has 0 unspecified atom stereocenters. The Bertz CT molecular complexity index is 877. The number of aryl methyl sites for hydroxylation is 1. The van der Waals surface area contributed by atoms with Crippen LogP contribution in [0.25, 0.3) is 0 Å². The Labute approximate surface area is 176 Å². The molecule has 0 bridgehead atoms. The number of benzene rings is 2. The lowest BCUT2D eigenvalue weighted by Gasteiger charge is -2.35. The minimum atomic E-state index is -0.301. The van der Waals surface area contributed by atoms with Crippen molar-refractivity contribution in [3.05, 3.63) is 48.0 Å². The molecule has 2 aromatic rings. The van der Waals surface area contributed by atoms with Gasteiger partial charge in [0, 0.05) is 31.9 Å². The maximum Gasteiger partial charge on any atom is 0.243 e. The highest BCUT2D eigenvalue weighted by Crippen LogP contribution is 2.25. The molecule has 0 radical (unpaired) electrons. The van der Waals surface area contributed by atoms with Gasteiger partial charge >= 0.3 is 0 Å². The number of phenolic OH excluding ortho intramolecular Hbond substituents is 1. The van der Waals surface area contributed by atoms with Crippen molar-refractivity contribution in [2.75, 3.05) is 56.6 Å². The predicted molar refractivity (Wildman–Crippen MR) is 116 cm³/mol. The van der Waals surface area contributed by atoms with E-state index < -0.39 is 0 Å². The third-order valence-electron chi connectivity index (χ3n) is 5.03. The fourth-order valence-electron chi connectivity index (χ4n) is 3.38. The van der Waals surface area contributed by atoms with E-state index in [0.29, 0.717) is 11.4 Å². The first-order valence-corrected chi connectivity index (χ1v) is 9.92. The van der Waals surface area contributed by atoms with Gasteiger partial charge in [-0.1, -0.05) is 6.07 Å². The maximum absolute atomic E-state index is 12.2. The number of ether oxygens (including phenoxy) is 1. The molecule has 0 aliphatic carbocycles. The molecule has 8 heteroatoms. The summed E-state index contributed by atoms with van der Waals surface area (Å²) in [5, 5.41) is 14.8. The summed E-state index contributed by atoms with van der Waals surface area (Å²) >= 11 is 0. The van der Waals surface area contributed by atoms with E-state index in [1.54, 1.807) is 25.3 Å². The molecule has 30 heavy (non-hydrogen) atoms. The van der Waals surface area contributed by atoms with Crippen LogP contribution in [0, 0.1) is 6.92 Å². The number of anilines is 2. The van der Waals surface area contributed by atoms with Crippen molar-refractivity contribution in [2.24, 2.45) is 0 Å². The monoisotopic (exact) mass is 412 g/mol. The lowest BCUT2D eigenvalue weighted by molar-refractivity contribution is -0.125. The second kappa shape index (κ2) is 9.98. The van der Waals surface area contributed by atoms with Crippen molar-refractivity contribution in [1.29, 1.82) is 0 Å². The average Bonchev–Trinajstić information content (AvgIpc) is 2.74. The smallest absolute Gasteiger partial charge is 0.243 e. The molecule has 1 aliphatic heterocycles. The SMILES string of the molecule is COc1ccc(C)cc1NC(=O)CNC(=O)CN1CCN(c2ccc(O)cc2)CC1. The zero-order chi connectivity index (χ0) is 21.5. The summed E-state index contributed by atoms with van der Waals surface area (Å²) in [5.74, 6) is 0.342. The number of aromatic hydroxyl groups is 1. The fraction of sp³-hybridized carbons (Fsp3) is 0.364. The number of nitrogens with zero attached hydrogens (tertiary/aromatic N) is 2. The number of carbonyl (C=O) groups is 2. The van der Waals surface area contributed by atoms with Crippen molar-refractivity contribution in [1.82, 2.24) is 10.2 Å². The third kappa shape index (κ3) is 5.87. The van der Waals surface area contributed by atoms with Gasteiger partial charge < -0.3 is 25.4 Å². The van der Waals surface area contributed by atoms with Crippen LogP contribution in [-0.4, -0.2) is 68.2 Å². The highest BCUT2D eigenvalue weighted by atomic mass is 16.5. The number of rotatable bonds is 7. The number of hydrogen-bond donors (Lipinski definition) is 3. The zero-order valence-corrected chi connectivity index (χ0v) is 17.4. The number of methoxy groups -OCH3 is 1. The summed E-state index contributed by atoms with van der Waals surface area (Å²) in [7, 11) is 1.55. The first-order valence-electron chi connectivity index (χ1n) is 9.92. The van der Waals surface area contributed by atoms with Gasteiger partial charge in [-0.25, -0.2) is 0 Å². The van der Waals surface area contributed by atoms with Gasteiger partial charge in [-0.3, -0.25) is 14.5 Å². The Morgan fingerprint density at radius 3 is 2.40 bits per heavy atom. The van der Waals surface area contributed by atoms with E-state index in [0.717, 1.165) is 37.4 Å². The number of hydrogen-bond acceptors (Lipinski definition) is 6. The Hall–Kier alpha value is -3.26. The largest absolute Gasteiger partial charge is 0.508 e. The highest BCUT2D eigenvalue weighted by molar-refractivity contribution is 5.96. The first kappa shape index (κ1) is 21.4. The molecule has 1 fully saturated rings. The van der Waals surface area contributed by atoms with Crippen molar-refractivity contribution >= 4 is 23.2 Å². The lowest BCUT2D eigenvalue weighted by Crippen LogP contribution is -2.50. The van der Waals surface area contributed by atoms with Crippen LogP contribution in [0.5, 0.6) is 11.5 Å². The van der Waals surface area contributed by atoms with Gasteiger partial charge in [-0.15, -0.1) is 0 Å². The molecule has 3 rings (SSSR count). The second-order valence-corrected chi connectivity index (χ2v) is 7.31. The van der Waals surface area contributed by atoms with E-state index in [1.165, 1.54) is 0 Å². The summed E-state index contributed by atoms with van der Waals surface area (Å²) < 4.78 is 5.25. The van der Waals surface area contributed by atoms with Crippen LogP contribution in [0.2, 0.25) is 0 Å². The summed E-state index contributed by atoms with van der Waals surface area (Å²) in [4.78, 5) is 28.7. The van der Waals surface area contributed by atoms with Gasteiger partial charge in [0.2, 0.25) is 11.8 Å². The van der Waals surface area contributed by atoms with E-state index in [9.17, 15) is 14.7 Å². The van der Waals surface area contributed by atoms with Gasteiger partial charge in [0.1, 0.15) is 11.5 Å². The Morgan fingerprint density at radius 1 is 1.03 bits per heavy atom. The Balaban J connectivity index is 1.40. The molecule has 0 atom stereocenters. The standard InChI is InChI=1S/C22H28N4O4/c1-16-3-8-20(30-2)19(13-16)24-21(28)14-23-22(29)15-25-9-11-26(12-10-25)17-4-6-18(27)7-5-17/h3-8,13,27H,9-12,14-15H2,1-2H3,(H,23,29)(H,24,28). The van der Waals surface area contributed by atoms with Crippen LogP contribution in [-0.2, 0) is 9.59 Å². The molecule has 2 aromatic carbocycles. The normalized spacial score (nSPS) is 14.3. The molecule has 0 spiro atoms. The molecule has 3 N–H and O–H groups in total. The van der Waals surface area contributed by atoms with Crippen LogP contribution in [0.15, 0.2) is 42.5 Å². The number of phenols is 1. The molecular weight excluding hydrogens is 384 g/mol. The maximum atomic E-state index is 12.2. The number of amides is 2. The molecule has 1 aliphatic rings. The Morgan fingerprint density at radius 2 is 1.73 bits per heavy atom. The molecule has 1 heterocycles. The summed E-state index contributed by atoms with van der Waals surface area (Å²) in [5.41, 5.74) is 2.64. The first-order chi connectivity index (χ1) is 14.4. The van der Waals surface area contributed by atoms with E-state index in [2.05, 4.69) is 20.4 Å². The van der Waals surface area contributed by atoms with E-state index in [4.69, 9.17) is 4.74 Å². The van der Waals surface area contributed by atoms with Gasteiger partial charge in [0.15, 0.2) is 0 Å². The quantitative estimate of drug-likeness (QED) is 0.639. The van der Waals surface area contributed by atoms with Gasteiger partial charge in [-0.05, 0) is 48.9 Å². The second-order valence-electron chi connectivity index (χ2n) is 7.31. The van der Waals surface area contributed by atoms with Crippen molar-refractivity contribution < 1.29 is 19.4 Å². The molecule has 0 saturated carbocycles. The predicted octanol–water partition coefficient (Wildman–Crippen LogP) is 1.59. The van der Waals surface area contributed by atoms with Crippen LogP contribution >= 0.6 is 0 Å². The van der Waals surface area contributed by atoms with E-state index in [1.807, 2.05) is 31.2 Å². The minimum absolute atomic E-state index is 0.0938. The average molecular weight is 412 g/mol. The Kier molecular flexibility index (Phi) is 7.13. The summed E-state index contributed by atoms with van der Waals surface area (Å²) in [6.07, 6.45) is 0. The zero-order valence-electron chi connectivity index (χ0n) is 17.4. The van der Waals surface area contributed by atoms with Crippen LogP contribution in [0.3, 0.4) is 0 Å². The number of nitrogens with one attached hydrogen (secondary N) is 2. The minimum Gasteiger partial charge on any atom is -0.508 e. The summed E-state index contributed by atoms with van der Waals surface area (Å²) in [6.45, 7) is 5.19. The number of piperazine rings is 1. The van der Waals surface area contributed by atoms with Gasteiger partial charge in [0.25, 0.3) is 0 Å². The molecular formula is C22H28N4O4. The van der Waals surface area contributed by atoms with Gasteiger partial charge in [-0.2, -0.15) is 0 Å². The van der Waals surface area contributed by atoms with E-state index >= 15 is 0 Å². The van der Waals surface area contributed by atoms with Crippen LogP contribution < -0.4 is 20.3 Å². The fourth-order valence-corrected chi connectivity index (χ4v) is 3.38. The molecule has 1 saturated heterocycles. The molecule has 8 nitrogen and oxygen atoms in total. The van der Waals surface area contributed by atoms with Crippen molar-refractivity contribution in [2.45, 2.75) is 6.92 Å². The van der Waals surface area contributed by atoms with E-state index in [-0.39, 0.29) is 30.7 Å².